The molecule has 2 rings (SSSR count). The van der Waals surface area contributed by atoms with Crippen LogP contribution in [0.2, 0.25) is 5.02 Å². The first-order valence-electron chi connectivity index (χ1n) is 6.13. The molecule has 1 fully saturated rings. The van der Waals surface area contributed by atoms with Gasteiger partial charge in [0, 0.05) is 25.4 Å². The van der Waals surface area contributed by atoms with E-state index in [2.05, 4.69) is 16.3 Å². The number of nitrogens with zero attached hydrogens (tertiary/aromatic N) is 3. The molecule has 4 nitrogen and oxygen atoms in total. The van der Waals surface area contributed by atoms with E-state index in [0.29, 0.717) is 5.25 Å². The molecule has 0 bridgehead atoms. The van der Waals surface area contributed by atoms with Crippen molar-refractivity contribution >= 4 is 29.1 Å². The largest absolute Gasteiger partial charge is 0.368 e. The molecule has 1 aromatic heterocycles. The second kappa shape index (κ2) is 5.97. The maximum atomic E-state index is 11.8. The highest BCUT2D eigenvalue weighted by atomic mass is 35.5. The van der Waals surface area contributed by atoms with E-state index in [0.717, 1.165) is 25.2 Å². The minimum Gasteiger partial charge on any atom is -0.368 e. The van der Waals surface area contributed by atoms with Crippen LogP contribution in [0.4, 0.5) is 5.69 Å². The second-order valence-corrected chi connectivity index (χ2v) is 6.09. The Kier molecular flexibility index (Phi) is 4.56. The van der Waals surface area contributed by atoms with Crippen molar-refractivity contribution < 1.29 is 0 Å². The summed E-state index contributed by atoms with van der Waals surface area (Å²) in [5.41, 5.74) is 0.555. The predicted molar refractivity (Wildman–Crippen MR) is 77.9 cm³/mol. The molecule has 0 aliphatic carbocycles. The summed E-state index contributed by atoms with van der Waals surface area (Å²) in [5, 5.41) is 4.96. The molecular formula is C12H18ClN3OS. The van der Waals surface area contributed by atoms with Gasteiger partial charge in [-0.25, -0.2) is 4.68 Å². The molecule has 1 saturated heterocycles. The molecule has 0 spiro atoms. The normalized spacial score (nSPS) is 20.8. The zero-order chi connectivity index (χ0) is 13.1. The molecule has 100 valence electrons. The van der Waals surface area contributed by atoms with Crippen molar-refractivity contribution in [3.8, 4) is 0 Å². The van der Waals surface area contributed by atoms with Gasteiger partial charge >= 0.3 is 0 Å². The van der Waals surface area contributed by atoms with Crippen LogP contribution >= 0.6 is 23.4 Å². The molecule has 0 amide bonds. The minimum atomic E-state index is -0.223. The zero-order valence-electron chi connectivity index (χ0n) is 10.7. The molecule has 0 saturated carbocycles. The lowest BCUT2D eigenvalue weighted by Crippen LogP contribution is -2.32. The van der Waals surface area contributed by atoms with Crippen LogP contribution in [0.5, 0.6) is 0 Å². The van der Waals surface area contributed by atoms with Gasteiger partial charge in [0.25, 0.3) is 5.56 Å². The number of halogens is 1. The lowest BCUT2D eigenvalue weighted by atomic mass is 10.2. The number of rotatable bonds is 2. The lowest BCUT2D eigenvalue weighted by molar-refractivity contribution is 0.698. The Morgan fingerprint density at radius 1 is 1.50 bits per heavy atom. The fourth-order valence-electron chi connectivity index (χ4n) is 2.24. The molecule has 1 aliphatic heterocycles. The molecule has 0 N–H and O–H groups in total. The Balaban J connectivity index is 2.30. The molecule has 1 unspecified atom stereocenters. The summed E-state index contributed by atoms with van der Waals surface area (Å²) in [5.74, 6) is 0. The van der Waals surface area contributed by atoms with Gasteiger partial charge in [0.1, 0.15) is 5.02 Å². The number of aromatic nitrogens is 2. The van der Waals surface area contributed by atoms with E-state index < -0.39 is 0 Å². The highest BCUT2D eigenvalue weighted by Crippen LogP contribution is 2.27. The number of hydrogen-bond donors (Lipinski definition) is 0. The van der Waals surface area contributed by atoms with E-state index in [1.54, 1.807) is 13.2 Å². The Hall–Kier alpha value is -0.680. The van der Waals surface area contributed by atoms with Gasteiger partial charge in [-0.15, -0.1) is 0 Å². The van der Waals surface area contributed by atoms with E-state index in [1.807, 2.05) is 11.8 Å². The van der Waals surface area contributed by atoms with Crippen LogP contribution in [0.25, 0.3) is 0 Å². The molecule has 18 heavy (non-hydrogen) atoms. The van der Waals surface area contributed by atoms with Crippen molar-refractivity contribution in [2.75, 3.05) is 24.2 Å². The number of thioether (sulfide) groups is 1. The van der Waals surface area contributed by atoms with Crippen LogP contribution < -0.4 is 10.5 Å². The smallest absolute Gasteiger partial charge is 0.287 e. The first-order chi connectivity index (χ1) is 8.63. The van der Waals surface area contributed by atoms with Gasteiger partial charge in [-0.3, -0.25) is 4.79 Å². The van der Waals surface area contributed by atoms with Gasteiger partial charge < -0.3 is 4.90 Å². The zero-order valence-corrected chi connectivity index (χ0v) is 12.3. The van der Waals surface area contributed by atoms with Gasteiger partial charge in [0.05, 0.1) is 11.9 Å². The van der Waals surface area contributed by atoms with Crippen molar-refractivity contribution in [2.24, 2.45) is 7.05 Å². The van der Waals surface area contributed by atoms with Crippen molar-refractivity contribution in [3.05, 3.63) is 21.6 Å². The van der Waals surface area contributed by atoms with Gasteiger partial charge in [-0.05, 0) is 19.1 Å². The summed E-state index contributed by atoms with van der Waals surface area (Å²) in [6, 6.07) is 0. The standard InChI is InChI=1S/C12H18ClN3OS/c1-15-12(17)11(13)10(7-14-15)16-6-4-3-5-9(8-16)18-2/h7,9H,3-6,8H2,1-2H3. The van der Waals surface area contributed by atoms with Crippen LogP contribution in [0.1, 0.15) is 19.3 Å². The Bertz CT molecular complexity index is 477. The van der Waals surface area contributed by atoms with Crippen molar-refractivity contribution in [1.82, 2.24) is 9.78 Å². The van der Waals surface area contributed by atoms with Crippen molar-refractivity contribution in [3.63, 3.8) is 0 Å². The summed E-state index contributed by atoms with van der Waals surface area (Å²) in [6.07, 6.45) is 7.44. The van der Waals surface area contributed by atoms with Gasteiger partial charge in [0.2, 0.25) is 0 Å². The van der Waals surface area contributed by atoms with E-state index >= 15 is 0 Å². The highest BCUT2D eigenvalue weighted by molar-refractivity contribution is 7.99. The monoisotopic (exact) mass is 287 g/mol. The summed E-state index contributed by atoms with van der Waals surface area (Å²) in [6.45, 7) is 1.89. The average molecular weight is 288 g/mol. The quantitative estimate of drug-likeness (QED) is 0.835. The van der Waals surface area contributed by atoms with Crippen molar-refractivity contribution in [1.29, 1.82) is 0 Å². The molecule has 1 aromatic rings. The predicted octanol–water partition coefficient (Wildman–Crippen LogP) is 2.16. The summed E-state index contributed by atoms with van der Waals surface area (Å²) in [7, 11) is 1.62. The average Bonchev–Trinajstić information content (AvgIpc) is 2.61. The molecule has 0 aromatic carbocycles. The van der Waals surface area contributed by atoms with Crippen molar-refractivity contribution in [2.45, 2.75) is 24.5 Å². The third-order valence-electron chi connectivity index (χ3n) is 3.36. The topological polar surface area (TPSA) is 38.1 Å². The van der Waals surface area contributed by atoms with Gasteiger partial charge in [0.15, 0.2) is 0 Å². The Morgan fingerprint density at radius 2 is 2.28 bits per heavy atom. The molecule has 1 aliphatic rings. The summed E-state index contributed by atoms with van der Waals surface area (Å²) >= 11 is 8.04. The van der Waals surface area contributed by atoms with Crippen LogP contribution in [-0.4, -0.2) is 34.4 Å². The molecule has 0 radical (unpaired) electrons. The third kappa shape index (κ3) is 2.83. The van der Waals surface area contributed by atoms with E-state index in [1.165, 1.54) is 17.5 Å². The lowest BCUT2D eigenvalue weighted by Gasteiger charge is -2.26. The molecular weight excluding hydrogens is 270 g/mol. The maximum absolute atomic E-state index is 11.8. The Labute approximate surface area is 116 Å². The van der Waals surface area contributed by atoms with Gasteiger partial charge in [-0.1, -0.05) is 18.0 Å². The first-order valence-corrected chi connectivity index (χ1v) is 7.79. The second-order valence-electron chi connectivity index (χ2n) is 4.57. The van der Waals surface area contributed by atoms with Crippen LogP contribution in [-0.2, 0) is 7.05 Å². The molecule has 6 heteroatoms. The van der Waals surface area contributed by atoms with Crippen LogP contribution in [0.15, 0.2) is 11.0 Å². The van der Waals surface area contributed by atoms with Crippen LogP contribution in [0.3, 0.4) is 0 Å². The fourth-order valence-corrected chi connectivity index (χ4v) is 3.26. The van der Waals surface area contributed by atoms with E-state index in [4.69, 9.17) is 11.6 Å². The first kappa shape index (κ1) is 13.7. The summed E-state index contributed by atoms with van der Waals surface area (Å²) in [4.78, 5) is 14.0. The molecule has 2 heterocycles. The third-order valence-corrected chi connectivity index (χ3v) is 4.77. The maximum Gasteiger partial charge on any atom is 0.287 e. The van der Waals surface area contributed by atoms with E-state index in [-0.39, 0.29) is 10.6 Å². The van der Waals surface area contributed by atoms with Crippen LogP contribution in [0, 0.1) is 0 Å². The number of anilines is 1. The van der Waals surface area contributed by atoms with E-state index in [9.17, 15) is 4.79 Å². The number of hydrogen-bond acceptors (Lipinski definition) is 4. The molecule has 1 atom stereocenters. The minimum absolute atomic E-state index is 0.223. The van der Waals surface area contributed by atoms with Gasteiger partial charge in [-0.2, -0.15) is 16.9 Å². The summed E-state index contributed by atoms with van der Waals surface area (Å²) < 4.78 is 1.27. The SMILES string of the molecule is CSC1CCCCN(c2cnn(C)c(=O)c2Cl)C1. The highest BCUT2D eigenvalue weighted by Gasteiger charge is 2.21. The number of aryl methyl sites for hydroxylation is 1. The Morgan fingerprint density at radius 3 is 3.00 bits per heavy atom. The fraction of sp³-hybridized carbons (Fsp3) is 0.667.